The molecule has 0 spiro atoms. The van der Waals surface area contributed by atoms with E-state index in [0.29, 0.717) is 0 Å². The van der Waals surface area contributed by atoms with Crippen LogP contribution in [0.4, 0.5) is 34.1 Å². The van der Waals surface area contributed by atoms with Crippen LogP contribution in [0, 0.1) is 0 Å². The molecule has 334 valence electrons. The maximum Gasteiger partial charge on any atom is 0.160 e. The van der Waals surface area contributed by atoms with Crippen LogP contribution in [0.15, 0.2) is 207 Å². The van der Waals surface area contributed by atoms with Gasteiger partial charge >= 0.3 is 0 Å². The lowest BCUT2D eigenvalue weighted by atomic mass is 9.87. The maximum absolute atomic E-state index is 7.32. The number of hydrogen-bond donors (Lipinski definition) is 0. The Balaban J connectivity index is 1.14. The van der Waals surface area contributed by atoms with Crippen LogP contribution in [-0.2, 0) is 10.8 Å². The fourth-order valence-corrected chi connectivity index (χ4v) is 10.5. The van der Waals surface area contributed by atoms with Gasteiger partial charge in [0, 0.05) is 56.4 Å². The zero-order valence-electron chi connectivity index (χ0n) is 39.6. The van der Waals surface area contributed by atoms with E-state index in [2.05, 4.69) is 233 Å². The first-order valence-electron chi connectivity index (χ1n) is 23.9. The van der Waals surface area contributed by atoms with Crippen LogP contribution < -0.4 is 9.80 Å². The standard InChI is InChI=1S/C64H50N2O3/c1-63(2,3)43-25-31-45(32-26-43)65(47-29-23-39-15-7-9-17-41(39)35-47)51-37-56-60(62-57(51)49-19-11-13-21-53(49)69-62)59-55(67-56)38-52(61-58(59)50-20-12-14-22-54(50)68-61)66(46-33-27-44(28-34-46)64(4,5)6)48-30-24-40-16-8-10-18-42(40)36-48/h7-38H,1-6H3. The molecule has 69 heavy (non-hydrogen) atoms. The van der Waals surface area contributed by atoms with Gasteiger partial charge in [0.25, 0.3) is 0 Å². The number of fused-ring (bicyclic) bond motifs is 13. The van der Waals surface area contributed by atoms with E-state index in [-0.39, 0.29) is 10.8 Å². The third-order valence-corrected chi connectivity index (χ3v) is 14.1. The van der Waals surface area contributed by atoms with Gasteiger partial charge in [-0.2, -0.15) is 0 Å². The molecule has 0 saturated heterocycles. The lowest BCUT2D eigenvalue weighted by Crippen LogP contribution is -2.13. The van der Waals surface area contributed by atoms with Gasteiger partial charge in [-0.05, 0) is 104 Å². The van der Waals surface area contributed by atoms with Crippen molar-refractivity contribution in [3.63, 3.8) is 0 Å². The van der Waals surface area contributed by atoms with Crippen molar-refractivity contribution >= 4 is 121 Å². The van der Waals surface area contributed by atoms with Crippen LogP contribution in [-0.4, -0.2) is 0 Å². The van der Waals surface area contributed by atoms with Gasteiger partial charge in [-0.25, -0.2) is 0 Å². The first kappa shape index (κ1) is 41.0. The molecule has 0 atom stereocenters. The Kier molecular flexibility index (Phi) is 8.97. The van der Waals surface area contributed by atoms with Gasteiger partial charge in [-0.1, -0.05) is 163 Å². The van der Waals surface area contributed by atoms with E-state index in [0.717, 1.165) is 111 Å². The summed E-state index contributed by atoms with van der Waals surface area (Å²) in [5.41, 5.74) is 13.1. The number of para-hydroxylation sites is 2. The molecule has 0 fully saturated rings. The third kappa shape index (κ3) is 6.59. The van der Waals surface area contributed by atoms with Crippen molar-refractivity contribution in [2.24, 2.45) is 0 Å². The molecule has 13 rings (SSSR count). The highest BCUT2D eigenvalue weighted by Gasteiger charge is 2.30. The van der Waals surface area contributed by atoms with Crippen molar-refractivity contribution < 1.29 is 13.3 Å². The zero-order valence-corrected chi connectivity index (χ0v) is 39.6. The highest BCUT2D eigenvalue weighted by Crippen LogP contribution is 2.53. The predicted octanol–water partition coefficient (Wildman–Crippen LogP) is 19.2. The van der Waals surface area contributed by atoms with Crippen molar-refractivity contribution in [1.82, 2.24) is 0 Å². The smallest absolute Gasteiger partial charge is 0.160 e. The Labute approximate surface area is 400 Å². The summed E-state index contributed by atoms with van der Waals surface area (Å²) in [5, 5.41) is 10.6. The number of nitrogens with zero attached hydrogens (tertiary/aromatic N) is 2. The largest absolute Gasteiger partial charge is 0.456 e. The molecule has 3 heterocycles. The summed E-state index contributed by atoms with van der Waals surface area (Å²) in [7, 11) is 0. The van der Waals surface area contributed by atoms with Gasteiger partial charge in [0.05, 0.1) is 22.1 Å². The molecule has 0 radical (unpaired) electrons. The van der Waals surface area contributed by atoms with Gasteiger partial charge < -0.3 is 23.1 Å². The van der Waals surface area contributed by atoms with E-state index in [4.69, 9.17) is 13.3 Å². The van der Waals surface area contributed by atoms with E-state index in [1.165, 1.54) is 21.9 Å². The number of rotatable bonds is 6. The topological polar surface area (TPSA) is 45.9 Å². The van der Waals surface area contributed by atoms with Gasteiger partial charge in [0.15, 0.2) is 5.58 Å². The summed E-state index contributed by atoms with van der Waals surface area (Å²) in [6, 6.07) is 69.6. The number of anilines is 6. The molecule has 0 aliphatic rings. The Morgan fingerprint density at radius 3 is 1.26 bits per heavy atom. The Morgan fingerprint density at radius 1 is 0.304 bits per heavy atom. The van der Waals surface area contributed by atoms with Gasteiger partial charge in [0.1, 0.15) is 27.9 Å². The molecule has 0 bridgehead atoms. The molecule has 0 N–H and O–H groups in total. The van der Waals surface area contributed by atoms with E-state index in [9.17, 15) is 0 Å². The predicted molar refractivity (Wildman–Crippen MR) is 290 cm³/mol. The molecule has 5 nitrogen and oxygen atoms in total. The number of furan rings is 3. The van der Waals surface area contributed by atoms with Crippen LogP contribution in [0.3, 0.4) is 0 Å². The molecule has 5 heteroatoms. The zero-order chi connectivity index (χ0) is 46.8. The summed E-state index contributed by atoms with van der Waals surface area (Å²) >= 11 is 0. The molecular formula is C64H50N2O3. The Hall–Kier alpha value is -8.28. The van der Waals surface area contributed by atoms with Crippen LogP contribution >= 0.6 is 0 Å². The minimum Gasteiger partial charge on any atom is -0.456 e. The number of benzene rings is 10. The second-order valence-corrected chi connectivity index (χ2v) is 20.6. The van der Waals surface area contributed by atoms with Crippen LogP contribution in [0.1, 0.15) is 52.7 Å². The first-order chi connectivity index (χ1) is 33.5. The molecule has 13 aromatic rings. The monoisotopic (exact) mass is 894 g/mol. The quantitative estimate of drug-likeness (QED) is 0.166. The van der Waals surface area contributed by atoms with E-state index in [1.54, 1.807) is 0 Å². The Morgan fingerprint density at radius 2 is 0.725 bits per heavy atom. The van der Waals surface area contributed by atoms with Crippen LogP contribution in [0.2, 0.25) is 0 Å². The fraction of sp³-hybridized carbons (Fsp3) is 0.125. The van der Waals surface area contributed by atoms with E-state index >= 15 is 0 Å². The van der Waals surface area contributed by atoms with Crippen molar-refractivity contribution in [2.75, 3.05) is 9.80 Å². The molecule has 0 saturated carbocycles. The summed E-state index contributed by atoms with van der Waals surface area (Å²) in [6.07, 6.45) is 0. The van der Waals surface area contributed by atoms with Gasteiger partial charge in [-0.3, -0.25) is 0 Å². The maximum atomic E-state index is 7.32. The third-order valence-electron chi connectivity index (χ3n) is 14.1. The fourth-order valence-electron chi connectivity index (χ4n) is 10.5. The van der Waals surface area contributed by atoms with Crippen molar-refractivity contribution in [3.8, 4) is 0 Å². The highest BCUT2D eigenvalue weighted by atomic mass is 16.3. The number of hydrogen-bond acceptors (Lipinski definition) is 5. The minimum absolute atomic E-state index is 0.00523. The summed E-state index contributed by atoms with van der Waals surface area (Å²) < 4.78 is 21.6. The van der Waals surface area contributed by atoms with Gasteiger partial charge in [-0.15, -0.1) is 0 Å². The summed E-state index contributed by atoms with van der Waals surface area (Å²) in [5.74, 6) is 0. The van der Waals surface area contributed by atoms with Crippen molar-refractivity contribution in [3.05, 3.63) is 205 Å². The molecule has 0 amide bonds. The van der Waals surface area contributed by atoms with Gasteiger partial charge in [0.2, 0.25) is 0 Å². The van der Waals surface area contributed by atoms with Crippen molar-refractivity contribution in [1.29, 1.82) is 0 Å². The average Bonchev–Trinajstić information content (AvgIpc) is 4.05. The molecular weight excluding hydrogens is 845 g/mol. The molecule has 0 unspecified atom stereocenters. The molecule has 0 aliphatic heterocycles. The average molecular weight is 895 g/mol. The summed E-state index contributed by atoms with van der Waals surface area (Å²) in [6.45, 7) is 13.5. The van der Waals surface area contributed by atoms with E-state index < -0.39 is 0 Å². The second kappa shape index (κ2) is 15.1. The molecule has 0 aliphatic carbocycles. The SMILES string of the molecule is CC(C)(C)c1ccc(N(c2ccc3ccccc3c2)c2cc3oc4cc(N(c5ccc(C(C)(C)C)cc5)c5ccc6ccccc6c5)c5c6ccccc6oc5c4c3c3c2oc2ccccc23)cc1. The Bertz CT molecular complexity index is 4160. The summed E-state index contributed by atoms with van der Waals surface area (Å²) in [4.78, 5) is 4.69. The van der Waals surface area contributed by atoms with Crippen molar-refractivity contribution in [2.45, 2.75) is 52.4 Å². The first-order valence-corrected chi connectivity index (χ1v) is 23.9. The molecule has 3 aromatic heterocycles. The normalized spacial score (nSPS) is 12.5. The minimum atomic E-state index is -0.00784. The molecule has 10 aromatic carbocycles. The lowest BCUT2D eigenvalue weighted by Gasteiger charge is -2.28. The van der Waals surface area contributed by atoms with Crippen LogP contribution in [0.25, 0.3) is 87.4 Å². The van der Waals surface area contributed by atoms with Crippen LogP contribution in [0.5, 0.6) is 0 Å². The highest BCUT2D eigenvalue weighted by molar-refractivity contribution is 6.35. The lowest BCUT2D eigenvalue weighted by molar-refractivity contribution is 0.590. The van der Waals surface area contributed by atoms with E-state index in [1.807, 2.05) is 12.1 Å². The second-order valence-electron chi connectivity index (χ2n) is 20.6.